The summed E-state index contributed by atoms with van der Waals surface area (Å²) in [6, 6.07) is 11.1. The number of aryl methyl sites for hydroxylation is 1. The molecule has 1 aromatic carbocycles. The maximum atomic E-state index is 12.7. The number of aromatic nitrogens is 2. The number of carbonyl (C=O) groups excluding carboxylic acids is 1. The van der Waals surface area contributed by atoms with E-state index in [0.29, 0.717) is 23.7 Å². The minimum atomic E-state index is -0.314. The number of benzene rings is 1. The Bertz CT molecular complexity index is 1050. The van der Waals surface area contributed by atoms with E-state index < -0.39 is 0 Å². The maximum absolute atomic E-state index is 12.7. The van der Waals surface area contributed by atoms with Gasteiger partial charge in [-0.15, -0.1) is 0 Å². The lowest BCUT2D eigenvalue weighted by molar-refractivity contribution is 0.0997. The molecule has 3 aromatic heterocycles. The van der Waals surface area contributed by atoms with E-state index in [1.165, 1.54) is 0 Å². The number of carbonyl (C=O) groups is 1. The Labute approximate surface area is 151 Å². The molecule has 0 unspecified atom stereocenters. The first-order chi connectivity index (χ1) is 12.1. The van der Waals surface area contributed by atoms with Gasteiger partial charge in [-0.1, -0.05) is 15.9 Å². The van der Waals surface area contributed by atoms with E-state index in [0.717, 1.165) is 21.2 Å². The van der Waals surface area contributed by atoms with Gasteiger partial charge in [0.25, 0.3) is 5.91 Å². The van der Waals surface area contributed by atoms with E-state index in [4.69, 9.17) is 8.83 Å². The standard InChI is InChI=1S/C18H14BrN3O3/c1-11-14-5-4-12(19)9-15(14)25-17(11)18(23)21-16-6-7-20-22(16)10-13-3-2-8-24-13/h2-9H,10H2,1H3,(H,21,23). The lowest BCUT2D eigenvalue weighted by Gasteiger charge is -2.07. The third-order valence-corrected chi connectivity index (χ3v) is 4.44. The van der Waals surface area contributed by atoms with Crippen LogP contribution < -0.4 is 5.32 Å². The smallest absolute Gasteiger partial charge is 0.292 e. The number of nitrogens with one attached hydrogen (secondary N) is 1. The zero-order chi connectivity index (χ0) is 17.4. The van der Waals surface area contributed by atoms with Crippen molar-refractivity contribution in [3.8, 4) is 0 Å². The summed E-state index contributed by atoms with van der Waals surface area (Å²) in [6.45, 7) is 2.30. The van der Waals surface area contributed by atoms with Gasteiger partial charge in [-0.2, -0.15) is 5.10 Å². The molecule has 4 aromatic rings. The highest BCUT2D eigenvalue weighted by atomic mass is 79.9. The van der Waals surface area contributed by atoms with E-state index in [1.807, 2.05) is 37.3 Å². The van der Waals surface area contributed by atoms with Crippen LogP contribution in [0.15, 0.2) is 62.2 Å². The molecule has 0 saturated carbocycles. The number of nitrogens with zero attached hydrogens (tertiary/aromatic N) is 2. The van der Waals surface area contributed by atoms with Gasteiger partial charge in [-0.3, -0.25) is 4.79 Å². The third-order valence-electron chi connectivity index (χ3n) is 3.95. The first-order valence-electron chi connectivity index (χ1n) is 7.66. The van der Waals surface area contributed by atoms with E-state index in [9.17, 15) is 4.79 Å². The molecule has 6 nitrogen and oxygen atoms in total. The first kappa shape index (κ1) is 15.7. The summed E-state index contributed by atoms with van der Waals surface area (Å²) in [6.07, 6.45) is 3.23. The molecule has 25 heavy (non-hydrogen) atoms. The van der Waals surface area contributed by atoms with Crippen LogP contribution in [0.2, 0.25) is 0 Å². The summed E-state index contributed by atoms with van der Waals surface area (Å²) >= 11 is 3.41. The molecule has 0 aliphatic carbocycles. The van der Waals surface area contributed by atoms with Crippen molar-refractivity contribution in [3.63, 3.8) is 0 Å². The third kappa shape index (κ3) is 2.98. The van der Waals surface area contributed by atoms with E-state index in [1.54, 1.807) is 23.2 Å². The van der Waals surface area contributed by atoms with Gasteiger partial charge in [0.2, 0.25) is 0 Å². The predicted molar refractivity (Wildman–Crippen MR) is 96.6 cm³/mol. The van der Waals surface area contributed by atoms with Crippen LogP contribution in [0.4, 0.5) is 5.82 Å². The number of anilines is 1. The molecular formula is C18H14BrN3O3. The molecule has 0 bridgehead atoms. The van der Waals surface area contributed by atoms with Gasteiger partial charge in [-0.25, -0.2) is 4.68 Å². The summed E-state index contributed by atoms with van der Waals surface area (Å²) in [4.78, 5) is 12.7. The van der Waals surface area contributed by atoms with Crippen molar-refractivity contribution in [1.82, 2.24) is 9.78 Å². The van der Waals surface area contributed by atoms with Crippen LogP contribution >= 0.6 is 15.9 Å². The minimum Gasteiger partial charge on any atom is -0.467 e. The Morgan fingerprint density at radius 2 is 2.20 bits per heavy atom. The molecule has 0 aliphatic rings. The topological polar surface area (TPSA) is 73.2 Å². The summed E-state index contributed by atoms with van der Waals surface area (Å²) in [5.74, 6) is 1.30. The molecule has 0 atom stereocenters. The molecule has 1 N–H and O–H groups in total. The van der Waals surface area contributed by atoms with Crippen molar-refractivity contribution < 1.29 is 13.6 Å². The Balaban J connectivity index is 1.61. The second kappa shape index (κ2) is 6.25. The molecule has 0 saturated heterocycles. The highest BCUT2D eigenvalue weighted by Gasteiger charge is 2.19. The molecule has 0 spiro atoms. The molecule has 7 heteroatoms. The highest BCUT2D eigenvalue weighted by Crippen LogP contribution is 2.28. The largest absolute Gasteiger partial charge is 0.467 e. The van der Waals surface area contributed by atoms with Gasteiger partial charge in [-0.05, 0) is 37.3 Å². The Kier molecular flexibility index (Phi) is 3.93. The van der Waals surface area contributed by atoms with Crippen molar-refractivity contribution in [2.75, 3.05) is 5.32 Å². The first-order valence-corrected chi connectivity index (χ1v) is 8.45. The number of hydrogen-bond acceptors (Lipinski definition) is 4. The normalized spacial score (nSPS) is 11.1. The number of furan rings is 2. The Hall–Kier alpha value is -2.80. The monoisotopic (exact) mass is 399 g/mol. The fourth-order valence-corrected chi connectivity index (χ4v) is 3.04. The molecule has 0 aliphatic heterocycles. The minimum absolute atomic E-state index is 0.291. The average Bonchev–Trinajstić information content (AvgIpc) is 3.30. The van der Waals surface area contributed by atoms with E-state index >= 15 is 0 Å². The molecule has 3 heterocycles. The lowest BCUT2D eigenvalue weighted by atomic mass is 10.1. The van der Waals surface area contributed by atoms with Crippen LogP contribution in [0.5, 0.6) is 0 Å². The summed E-state index contributed by atoms with van der Waals surface area (Å²) in [5, 5.41) is 7.98. The molecular weight excluding hydrogens is 386 g/mol. The van der Waals surface area contributed by atoms with Gasteiger partial charge in [0.1, 0.15) is 23.7 Å². The van der Waals surface area contributed by atoms with Crippen LogP contribution in [-0.4, -0.2) is 15.7 Å². The van der Waals surface area contributed by atoms with Gasteiger partial charge in [0, 0.05) is 21.5 Å². The van der Waals surface area contributed by atoms with Crippen LogP contribution in [0.3, 0.4) is 0 Å². The Morgan fingerprint density at radius 3 is 3.00 bits per heavy atom. The lowest BCUT2D eigenvalue weighted by Crippen LogP contribution is -2.16. The molecule has 0 fully saturated rings. The number of halogens is 1. The molecule has 0 radical (unpaired) electrons. The van der Waals surface area contributed by atoms with Crippen LogP contribution in [0.1, 0.15) is 21.9 Å². The van der Waals surface area contributed by atoms with Gasteiger partial charge in [0.15, 0.2) is 5.76 Å². The molecule has 126 valence electrons. The zero-order valence-electron chi connectivity index (χ0n) is 13.3. The van der Waals surface area contributed by atoms with Crippen LogP contribution in [0, 0.1) is 6.92 Å². The Morgan fingerprint density at radius 1 is 1.32 bits per heavy atom. The summed E-state index contributed by atoms with van der Waals surface area (Å²) < 4.78 is 13.6. The van der Waals surface area contributed by atoms with Crippen molar-refractivity contribution in [2.24, 2.45) is 0 Å². The van der Waals surface area contributed by atoms with Crippen LogP contribution in [0.25, 0.3) is 11.0 Å². The second-order valence-electron chi connectivity index (χ2n) is 5.60. The van der Waals surface area contributed by atoms with Crippen molar-refractivity contribution in [2.45, 2.75) is 13.5 Å². The average molecular weight is 400 g/mol. The van der Waals surface area contributed by atoms with Crippen molar-refractivity contribution >= 4 is 38.6 Å². The van der Waals surface area contributed by atoms with Gasteiger partial charge < -0.3 is 14.2 Å². The maximum Gasteiger partial charge on any atom is 0.292 e. The quantitative estimate of drug-likeness (QED) is 0.544. The summed E-state index contributed by atoms with van der Waals surface area (Å²) in [5.41, 5.74) is 1.47. The fraction of sp³-hybridized carbons (Fsp3) is 0.111. The zero-order valence-corrected chi connectivity index (χ0v) is 14.9. The highest BCUT2D eigenvalue weighted by molar-refractivity contribution is 9.10. The number of fused-ring (bicyclic) bond motifs is 1. The number of rotatable bonds is 4. The fourth-order valence-electron chi connectivity index (χ4n) is 2.70. The molecule has 4 rings (SSSR count). The number of hydrogen-bond donors (Lipinski definition) is 1. The van der Waals surface area contributed by atoms with E-state index in [2.05, 4.69) is 26.3 Å². The predicted octanol–water partition coefficient (Wildman–Crippen LogP) is 4.59. The van der Waals surface area contributed by atoms with Crippen molar-refractivity contribution in [1.29, 1.82) is 0 Å². The summed E-state index contributed by atoms with van der Waals surface area (Å²) in [7, 11) is 0. The molecule has 1 amide bonds. The van der Waals surface area contributed by atoms with Gasteiger partial charge >= 0.3 is 0 Å². The number of amides is 1. The van der Waals surface area contributed by atoms with Crippen molar-refractivity contribution in [3.05, 3.63) is 70.4 Å². The SMILES string of the molecule is Cc1c(C(=O)Nc2ccnn2Cc2ccco2)oc2cc(Br)ccc12. The second-order valence-corrected chi connectivity index (χ2v) is 6.52. The van der Waals surface area contributed by atoms with Gasteiger partial charge in [0.05, 0.1) is 12.5 Å². The van der Waals surface area contributed by atoms with E-state index in [-0.39, 0.29) is 5.91 Å². The van der Waals surface area contributed by atoms with Crippen LogP contribution in [-0.2, 0) is 6.54 Å².